The molecule has 194 valence electrons. The van der Waals surface area contributed by atoms with E-state index in [0.717, 1.165) is 24.7 Å². The average molecular weight is 467 g/mol. The molecule has 1 aliphatic rings. The summed E-state index contributed by atoms with van der Waals surface area (Å²) >= 11 is 0. The fraction of sp³-hybridized carbons (Fsp3) is 0.647. The highest BCUT2D eigenvalue weighted by Crippen LogP contribution is 2.32. The molecule has 0 aromatic heterocycles. The molecule has 0 amide bonds. The molecule has 3 rings (SSSR count). The molecule has 2 aromatic rings. The number of hydrogen-bond donors (Lipinski definition) is 0. The number of hydrogen-bond acceptors (Lipinski definition) is 0. The molecular formula is C34H58. The summed E-state index contributed by atoms with van der Waals surface area (Å²) in [6.45, 7) is 17.3. The van der Waals surface area contributed by atoms with Crippen molar-refractivity contribution >= 4 is 0 Å². The lowest BCUT2D eigenvalue weighted by Gasteiger charge is -2.21. The van der Waals surface area contributed by atoms with Crippen molar-refractivity contribution in [2.75, 3.05) is 0 Å². The van der Waals surface area contributed by atoms with Crippen molar-refractivity contribution in [3.05, 3.63) is 70.8 Å². The Balaban J connectivity index is 0.000000479. The Labute approximate surface area is 215 Å². The number of unbranched alkanes of at least 4 members (excludes halogenated alkanes) is 3. The van der Waals surface area contributed by atoms with Gasteiger partial charge in [0.2, 0.25) is 0 Å². The van der Waals surface area contributed by atoms with Gasteiger partial charge in [0.1, 0.15) is 0 Å². The standard InChI is InChI=1S/C14H28.2C9H12.C2H6/c1-3-4-5-8-11-14-12-9-6-7-10-13(14)2;2*1-3-9-6-4-8(2)5-7-9;1-2/h13-14H,3-12H2,1-2H3;2*4-7H,3H2,1-2H3;1-2H3. The second kappa shape index (κ2) is 21.9. The summed E-state index contributed by atoms with van der Waals surface area (Å²) < 4.78 is 0. The van der Waals surface area contributed by atoms with Crippen molar-refractivity contribution in [1.82, 2.24) is 0 Å². The second-order valence-corrected chi connectivity index (χ2v) is 9.90. The van der Waals surface area contributed by atoms with E-state index < -0.39 is 0 Å². The van der Waals surface area contributed by atoms with Crippen LogP contribution in [0.3, 0.4) is 0 Å². The SMILES string of the molecule is CC.CCCCCCC1CCCCCC1C.CCc1ccc(C)cc1.CCc1ccc(C)cc1. The van der Waals surface area contributed by atoms with Crippen molar-refractivity contribution in [1.29, 1.82) is 0 Å². The monoisotopic (exact) mass is 466 g/mol. The van der Waals surface area contributed by atoms with E-state index in [0.29, 0.717) is 0 Å². The number of rotatable bonds is 7. The maximum absolute atomic E-state index is 2.48. The maximum atomic E-state index is 2.48. The molecule has 0 saturated heterocycles. The predicted molar refractivity (Wildman–Crippen MR) is 157 cm³/mol. The second-order valence-electron chi connectivity index (χ2n) is 9.90. The lowest BCUT2D eigenvalue weighted by molar-refractivity contribution is 0.307. The first kappa shape index (κ1) is 32.4. The maximum Gasteiger partial charge on any atom is -0.0307 e. The molecule has 2 atom stereocenters. The smallest absolute Gasteiger partial charge is 0.0307 e. The van der Waals surface area contributed by atoms with E-state index in [1.807, 2.05) is 13.8 Å². The molecule has 0 N–H and O–H groups in total. The lowest BCUT2D eigenvalue weighted by Crippen LogP contribution is -2.09. The van der Waals surface area contributed by atoms with Gasteiger partial charge in [-0.2, -0.15) is 0 Å². The van der Waals surface area contributed by atoms with Crippen LogP contribution in [0.1, 0.15) is 128 Å². The van der Waals surface area contributed by atoms with E-state index in [2.05, 4.69) is 90.1 Å². The fourth-order valence-electron chi connectivity index (χ4n) is 4.48. The highest BCUT2D eigenvalue weighted by Gasteiger charge is 2.18. The Morgan fingerprint density at radius 1 is 0.618 bits per heavy atom. The van der Waals surface area contributed by atoms with Crippen LogP contribution in [0.15, 0.2) is 48.5 Å². The molecule has 34 heavy (non-hydrogen) atoms. The summed E-state index contributed by atoms with van der Waals surface area (Å²) in [5.41, 5.74) is 5.51. The van der Waals surface area contributed by atoms with Gasteiger partial charge in [-0.05, 0) is 49.7 Å². The molecular weight excluding hydrogens is 408 g/mol. The molecule has 0 heteroatoms. The van der Waals surface area contributed by atoms with Crippen LogP contribution in [-0.4, -0.2) is 0 Å². The van der Waals surface area contributed by atoms with Crippen LogP contribution < -0.4 is 0 Å². The summed E-state index contributed by atoms with van der Waals surface area (Å²) in [6.07, 6.45) is 17.1. The molecule has 1 saturated carbocycles. The third-order valence-electron chi connectivity index (χ3n) is 7.03. The molecule has 1 fully saturated rings. The summed E-state index contributed by atoms with van der Waals surface area (Å²) in [5, 5.41) is 0. The van der Waals surface area contributed by atoms with Crippen LogP contribution in [0.5, 0.6) is 0 Å². The van der Waals surface area contributed by atoms with Crippen molar-refractivity contribution in [2.24, 2.45) is 11.8 Å². The largest absolute Gasteiger partial charge is 0.0683 e. The highest BCUT2D eigenvalue weighted by atomic mass is 14.2. The number of aryl methyl sites for hydroxylation is 4. The van der Waals surface area contributed by atoms with Crippen LogP contribution >= 0.6 is 0 Å². The van der Waals surface area contributed by atoms with E-state index >= 15 is 0 Å². The van der Waals surface area contributed by atoms with Crippen molar-refractivity contribution in [3.63, 3.8) is 0 Å². The van der Waals surface area contributed by atoms with Gasteiger partial charge in [0.25, 0.3) is 0 Å². The highest BCUT2D eigenvalue weighted by molar-refractivity contribution is 5.21. The van der Waals surface area contributed by atoms with Gasteiger partial charge in [-0.3, -0.25) is 0 Å². The van der Waals surface area contributed by atoms with Crippen LogP contribution in [0, 0.1) is 25.7 Å². The summed E-state index contributed by atoms with van der Waals surface area (Å²) in [4.78, 5) is 0. The summed E-state index contributed by atoms with van der Waals surface area (Å²) in [6, 6.07) is 17.3. The van der Waals surface area contributed by atoms with E-state index in [9.17, 15) is 0 Å². The predicted octanol–water partition coefficient (Wildman–Crippen LogP) is 11.3. The van der Waals surface area contributed by atoms with Gasteiger partial charge < -0.3 is 0 Å². The Morgan fingerprint density at radius 2 is 1.09 bits per heavy atom. The van der Waals surface area contributed by atoms with Gasteiger partial charge in [-0.25, -0.2) is 0 Å². The molecule has 2 unspecified atom stereocenters. The van der Waals surface area contributed by atoms with Gasteiger partial charge in [0, 0.05) is 0 Å². The molecule has 0 aliphatic heterocycles. The molecule has 2 aromatic carbocycles. The molecule has 0 heterocycles. The van der Waals surface area contributed by atoms with Crippen LogP contribution in [0.2, 0.25) is 0 Å². The van der Waals surface area contributed by atoms with Gasteiger partial charge in [-0.15, -0.1) is 0 Å². The van der Waals surface area contributed by atoms with Crippen molar-refractivity contribution in [3.8, 4) is 0 Å². The minimum absolute atomic E-state index is 1.01. The first-order valence-corrected chi connectivity index (χ1v) is 14.6. The molecule has 0 nitrogen and oxygen atoms in total. The van der Waals surface area contributed by atoms with E-state index in [4.69, 9.17) is 0 Å². The van der Waals surface area contributed by atoms with Crippen molar-refractivity contribution < 1.29 is 0 Å². The first-order valence-electron chi connectivity index (χ1n) is 14.6. The van der Waals surface area contributed by atoms with Gasteiger partial charge in [-0.1, -0.05) is 165 Å². The van der Waals surface area contributed by atoms with Crippen molar-refractivity contribution in [2.45, 2.75) is 132 Å². The zero-order valence-corrected chi connectivity index (χ0v) is 24.3. The van der Waals surface area contributed by atoms with E-state index in [1.165, 1.54) is 86.5 Å². The lowest BCUT2D eigenvalue weighted by atomic mass is 9.85. The summed E-state index contributed by atoms with van der Waals surface area (Å²) in [7, 11) is 0. The Bertz CT molecular complexity index is 619. The zero-order valence-electron chi connectivity index (χ0n) is 24.3. The topological polar surface area (TPSA) is 0 Å². The van der Waals surface area contributed by atoms with Crippen LogP contribution in [0.4, 0.5) is 0 Å². The van der Waals surface area contributed by atoms with Crippen LogP contribution in [0.25, 0.3) is 0 Å². The molecule has 1 aliphatic carbocycles. The van der Waals surface area contributed by atoms with Crippen LogP contribution in [-0.2, 0) is 12.8 Å². The molecule has 0 radical (unpaired) electrons. The average Bonchev–Trinajstić information content (AvgIpc) is 3.09. The summed E-state index contributed by atoms with van der Waals surface area (Å²) in [5.74, 6) is 2.08. The van der Waals surface area contributed by atoms with Gasteiger partial charge >= 0.3 is 0 Å². The van der Waals surface area contributed by atoms with Gasteiger partial charge in [0.15, 0.2) is 0 Å². The fourth-order valence-corrected chi connectivity index (χ4v) is 4.48. The van der Waals surface area contributed by atoms with E-state index in [1.54, 1.807) is 0 Å². The van der Waals surface area contributed by atoms with E-state index in [-0.39, 0.29) is 0 Å². The molecule has 0 bridgehead atoms. The number of benzene rings is 2. The Hall–Kier alpha value is -1.56. The first-order chi connectivity index (χ1) is 16.5. The normalized spacial score (nSPS) is 17.1. The van der Waals surface area contributed by atoms with Gasteiger partial charge in [0.05, 0.1) is 0 Å². The Kier molecular flexibility index (Phi) is 20.9. The minimum Gasteiger partial charge on any atom is -0.0683 e. The molecule has 0 spiro atoms. The third-order valence-corrected chi connectivity index (χ3v) is 7.03. The third kappa shape index (κ3) is 16.1. The quantitative estimate of drug-likeness (QED) is 0.281. The minimum atomic E-state index is 1.01. The zero-order chi connectivity index (χ0) is 25.6. The Morgan fingerprint density at radius 3 is 1.53 bits per heavy atom.